The molecule has 0 unspecified atom stereocenters. The monoisotopic (exact) mass is 347 g/mol. The van der Waals surface area contributed by atoms with Crippen LogP contribution in [0.25, 0.3) is 10.2 Å². The van der Waals surface area contributed by atoms with Crippen LogP contribution in [0.1, 0.15) is 31.7 Å². The summed E-state index contributed by atoms with van der Waals surface area (Å²) < 4.78 is 6.80. The smallest absolute Gasteiger partial charge is 0.234 e. The van der Waals surface area contributed by atoms with E-state index < -0.39 is 0 Å². The molecule has 0 saturated carbocycles. The number of benzene rings is 1. The number of hydrogen-bond acceptors (Lipinski definition) is 5. The van der Waals surface area contributed by atoms with E-state index in [4.69, 9.17) is 4.74 Å². The number of nitrogens with one attached hydrogen (secondary N) is 1. The summed E-state index contributed by atoms with van der Waals surface area (Å²) in [6.45, 7) is 8.80. The lowest BCUT2D eigenvalue weighted by Gasteiger charge is -2.36. The van der Waals surface area contributed by atoms with Crippen molar-refractivity contribution in [3.8, 4) is 0 Å². The minimum atomic E-state index is 0.0731. The molecule has 0 spiro atoms. The van der Waals surface area contributed by atoms with Gasteiger partial charge in [0.15, 0.2) is 0 Å². The summed E-state index contributed by atoms with van der Waals surface area (Å²) in [5, 5.41) is 4.13. The third kappa shape index (κ3) is 4.12. The fourth-order valence-electron chi connectivity index (χ4n) is 2.89. The highest BCUT2D eigenvalue weighted by molar-refractivity contribution is 7.18. The van der Waals surface area contributed by atoms with Crippen LogP contribution in [0.3, 0.4) is 0 Å². The summed E-state index contributed by atoms with van der Waals surface area (Å²) in [5.74, 6) is 0.288. The van der Waals surface area contributed by atoms with Crippen molar-refractivity contribution < 1.29 is 9.53 Å². The Labute approximate surface area is 147 Å². The van der Waals surface area contributed by atoms with Gasteiger partial charge in [0.2, 0.25) is 5.91 Å². The van der Waals surface area contributed by atoms with Gasteiger partial charge in [0.25, 0.3) is 0 Å². The van der Waals surface area contributed by atoms with Crippen molar-refractivity contribution in [2.75, 3.05) is 26.2 Å². The van der Waals surface area contributed by atoms with Crippen LogP contribution >= 0.6 is 11.3 Å². The Balaban J connectivity index is 1.51. The summed E-state index contributed by atoms with van der Waals surface area (Å²) in [5.41, 5.74) is 1.03. The maximum absolute atomic E-state index is 12.3. The first-order valence-electron chi connectivity index (χ1n) is 8.50. The first-order valence-corrected chi connectivity index (χ1v) is 9.32. The van der Waals surface area contributed by atoms with Crippen LogP contribution in [0.15, 0.2) is 24.3 Å². The first kappa shape index (κ1) is 17.3. The zero-order valence-corrected chi connectivity index (χ0v) is 15.3. The molecule has 1 aliphatic heterocycles. The molecule has 1 aromatic carbocycles. The summed E-state index contributed by atoms with van der Waals surface area (Å²) in [6.07, 6.45) is 0.190. The number of amides is 1. The Hall–Kier alpha value is -1.50. The molecule has 6 heteroatoms. The molecule has 1 aromatic heterocycles. The van der Waals surface area contributed by atoms with E-state index in [0.29, 0.717) is 19.7 Å². The maximum atomic E-state index is 12.3. The predicted octanol–water partition coefficient (Wildman–Crippen LogP) is 2.63. The number of hydrogen-bond donors (Lipinski definition) is 1. The molecule has 1 N–H and O–H groups in total. The van der Waals surface area contributed by atoms with Gasteiger partial charge in [0, 0.05) is 25.0 Å². The van der Waals surface area contributed by atoms with Gasteiger partial charge in [-0.25, -0.2) is 4.98 Å². The molecule has 0 radical (unpaired) electrons. The average molecular weight is 347 g/mol. The van der Waals surface area contributed by atoms with Crippen molar-refractivity contribution in [1.29, 1.82) is 0 Å². The predicted molar refractivity (Wildman–Crippen MR) is 97.5 cm³/mol. The third-order valence-corrected chi connectivity index (χ3v) is 5.69. The lowest BCUT2D eigenvalue weighted by molar-refractivity contribution is -0.125. The largest absolute Gasteiger partial charge is 0.376 e. The summed E-state index contributed by atoms with van der Waals surface area (Å²) >= 11 is 1.70. The highest BCUT2D eigenvalue weighted by atomic mass is 32.1. The molecule has 130 valence electrons. The summed E-state index contributed by atoms with van der Waals surface area (Å²) in [6, 6.07) is 8.43. The Bertz CT molecular complexity index is 669. The topological polar surface area (TPSA) is 54.5 Å². The van der Waals surface area contributed by atoms with Gasteiger partial charge in [0.1, 0.15) is 0 Å². The number of para-hydroxylation sites is 1. The molecule has 24 heavy (non-hydrogen) atoms. The van der Waals surface area contributed by atoms with Crippen LogP contribution in [0.2, 0.25) is 0 Å². The van der Waals surface area contributed by atoms with Crippen molar-refractivity contribution in [3.05, 3.63) is 29.3 Å². The Kier molecular flexibility index (Phi) is 5.48. The normalized spacial score (nSPS) is 23.3. The number of carbonyl (C=O) groups is 1. The van der Waals surface area contributed by atoms with Crippen LogP contribution < -0.4 is 5.32 Å². The summed E-state index contributed by atoms with van der Waals surface area (Å²) in [4.78, 5) is 19.1. The highest BCUT2D eigenvalue weighted by Crippen LogP contribution is 2.26. The van der Waals surface area contributed by atoms with E-state index in [2.05, 4.69) is 35.1 Å². The van der Waals surface area contributed by atoms with Gasteiger partial charge in [0.05, 0.1) is 34.5 Å². The molecule has 5 nitrogen and oxygen atoms in total. The Morgan fingerprint density at radius 1 is 1.46 bits per heavy atom. The van der Waals surface area contributed by atoms with E-state index in [1.807, 2.05) is 25.1 Å². The number of fused-ring (bicyclic) bond motifs is 1. The number of nitrogens with zero attached hydrogens (tertiary/aromatic N) is 2. The second-order valence-corrected chi connectivity index (χ2v) is 7.71. The van der Waals surface area contributed by atoms with Crippen molar-refractivity contribution in [1.82, 2.24) is 15.2 Å². The van der Waals surface area contributed by atoms with Gasteiger partial charge in [-0.2, -0.15) is 0 Å². The highest BCUT2D eigenvalue weighted by Gasteiger charge is 2.25. The zero-order valence-electron chi connectivity index (χ0n) is 14.5. The number of rotatable bonds is 5. The van der Waals surface area contributed by atoms with Crippen LogP contribution in [-0.4, -0.2) is 54.2 Å². The molecule has 3 rings (SSSR count). The molecule has 1 aliphatic rings. The van der Waals surface area contributed by atoms with E-state index in [0.717, 1.165) is 17.1 Å². The number of ether oxygens (including phenoxy) is 1. The molecule has 2 aromatic rings. The minimum absolute atomic E-state index is 0.0731. The molecular weight excluding hydrogens is 322 g/mol. The van der Waals surface area contributed by atoms with E-state index >= 15 is 0 Å². The third-order valence-electron chi connectivity index (χ3n) is 4.42. The molecule has 0 bridgehead atoms. The Morgan fingerprint density at radius 2 is 2.25 bits per heavy atom. The SMILES string of the molecule is C[C@@H]1CN(CC(=O)NC[C@H](C)c2nc3ccccc3s2)[C@@H](C)CO1. The molecule has 3 atom stereocenters. The lowest BCUT2D eigenvalue weighted by atomic mass is 10.2. The lowest BCUT2D eigenvalue weighted by Crippen LogP contribution is -2.51. The standard InChI is InChI=1S/C18H25N3O2S/c1-12(18-20-15-6-4-5-7-16(15)24-18)8-19-17(22)10-21-9-14(3)23-11-13(21)2/h4-7,12-14H,8-11H2,1-3H3,(H,19,22)/t12-,13-,14+/m0/s1. The fraction of sp³-hybridized carbons (Fsp3) is 0.556. The number of aromatic nitrogens is 1. The van der Waals surface area contributed by atoms with Gasteiger partial charge >= 0.3 is 0 Å². The minimum Gasteiger partial charge on any atom is -0.376 e. The molecule has 1 amide bonds. The van der Waals surface area contributed by atoms with E-state index in [-0.39, 0.29) is 24.0 Å². The van der Waals surface area contributed by atoms with E-state index in [1.165, 1.54) is 4.70 Å². The second kappa shape index (κ2) is 7.59. The average Bonchev–Trinajstić information content (AvgIpc) is 3.00. The Morgan fingerprint density at radius 3 is 3.04 bits per heavy atom. The van der Waals surface area contributed by atoms with Gasteiger partial charge in [-0.15, -0.1) is 11.3 Å². The van der Waals surface area contributed by atoms with Gasteiger partial charge in [-0.05, 0) is 26.0 Å². The van der Waals surface area contributed by atoms with Gasteiger partial charge < -0.3 is 10.1 Å². The fourth-order valence-corrected chi connectivity index (χ4v) is 3.91. The number of carbonyl (C=O) groups excluding carboxylic acids is 1. The van der Waals surface area contributed by atoms with Crippen LogP contribution in [0.4, 0.5) is 0 Å². The van der Waals surface area contributed by atoms with Gasteiger partial charge in [-0.1, -0.05) is 19.1 Å². The molecule has 0 aliphatic carbocycles. The molecule has 2 heterocycles. The van der Waals surface area contributed by atoms with E-state index in [1.54, 1.807) is 11.3 Å². The van der Waals surface area contributed by atoms with Crippen LogP contribution in [0, 0.1) is 0 Å². The quantitative estimate of drug-likeness (QED) is 0.903. The van der Waals surface area contributed by atoms with Gasteiger partial charge in [-0.3, -0.25) is 9.69 Å². The van der Waals surface area contributed by atoms with E-state index in [9.17, 15) is 4.79 Å². The molecule has 1 fully saturated rings. The van der Waals surface area contributed by atoms with Crippen molar-refractivity contribution in [2.45, 2.75) is 38.8 Å². The zero-order chi connectivity index (χ0) is 17.1. The number of morpholine rings is 1. The van der Waals surface area contributed by atoms with Crippen molar-refractivity contribution in [3.63, 3.8) is 0 Å². The maximum Gasteiger partial charge on any atom is 0.234 e. The van der Waals surface area contributed by atoms with Crippen molar-refractivity contribution >= 4 is 27.5 Å². The second-order valence-electron chi connectivity index (χ2n) is 6.65. The van der Waals surface area contributed by atoms with Crippen LogP contribution in [-0.2, 0) is 9.53 Å². The first-order chi connectivity index (χ1) is 11.5. The summed E-state index contributed by atoms with van der Waals surface area (Å²) in [7, 11) is 0. The molecule has 1 saturated heterocycles. The number of thiazole rings is 1. The van der Waals surface area contributed by atoms with Crippen LogP contribution in [0.5, 0.6) is 0 Å². The van der Waals surface area contributed by atoms with Crippen molar-refractivity contribution in [2.24, 2.45) is 0 Å². The molecular formula is C18H25N3O2S.